The summed E-state index contributed by atoms with van der Waals surface area (Å²) in [5.41, 5.74) is 0. The van der Waals surface area contributed by atoms with Crippen LogP contribution in [0.25, 0.3) is 0 Å². The standard InChI is InChI=1S/C6H10O6S/c1-5(7)3-11-13(9,10)12-4-6(2)8/h7-8H,1-4H2. The first-order valence-electron chi connectivity index (χ1n) is 3.11. The Morgan fingerprint density at radius 3 is 1.62 bits per heavy atom. The normalized spacial score (nSPS) is 11.1. The molecule has 76 valence electrons. The van der Waals surface area contributed by atoms with Gasteiger partial charge in [0.1, 0.15) is 24.7 Å². The molecule has 0 aromatic carbocycles. The molecule has 0 rings (SSSR count). The second kappa shape index (κ2) is 4.85. The highest BCUT2D eigenvalue weighted by atomic mass is 32.3. The molecular weight excluding hydrogens is 200 g/mol. The highest BCUT2D eigenvalue weighted by Crippen LogP contribution is 1.99. The van der Waals surface area contributed by atoms with Crippen LogP contribution in [0.5, 0.6) is 0 Å². The monoisotopic (exact) mass is 210 g/mol. The van der Waals surface area contributed by atoms with Crippen molar-refractivity contribution in [2.45, 2.75) is 0 Å². The first kappa shape index (κ1) is 11.9. The molecule has 0 bridgehead atoms. The molecule has 7 heteroatoms. The predicted molar refractivity (Wildman–Crippen MR) is 44.4 cm³/mol. The molecular formula is C6H10O6S. The van der Waals surface area contributed by atoms with Gasteiger partial charge in [0.2, 0.25) is 0 Å². The van der Waals surface area contributed by atoms with Crippen LogP contribution < -0.4 is 0 Å². The molecule has 0 atom stereocenters. The van der Waals surface area contributed by atoms with Gasteiger partial charge in [0.05, 0.1) is 0 Å². The van der Waals surface area contributed by atoms with Crippen LogP contribution in [0.3, 0.4) is 0 Å². The lowest BCUT2D eigenvalue weighted by molar-refractivity contribution is 0.197. The lowest BCUT2D eigenvalue weighted by atomic mass is 10.6. The van der Waals surface area contributed by atoms with Gasteiger partial charge in [-0.2, -0.15) is 8.42 Å². The number of aliphatic hydroxyl groups is 2. The molecule has 0 aromatic rings. The number of hydrogen-bond donors (Lipinski definition) is 2. The van der Waals surface area contributed by atoms with Crippen LogP contribution >= 0.6 is 0 Å². The van der Waals surface area contributed by atoms with Crippen LogP contribution in [-0.2, 0) is 18.8 Å². The van der Waals surface area contributed by atoms with Gasteiger partial charge in [0.25, 0.3) is 0 Å². The van der Waals surface area contributed by atoms with E-state index in [1.54, 1.807) is 0 Å². The van der Waals surface area contributed by atoms with E-state index in [0.717, 1.165) is 0 Å². The zero-order valence-electron chi connectivity index (χ0n) is 6.76. The van der Waals surface area contributed by atoms with Gasteiger partial charge in [-0.1, -0.05) is 13.2 Å². The Hall–Kier alpha value is -1.05. The molecule has 0 amide bonds. The van der Waals surface area contributed by atoms with E-state index in [1.165, 1.54) is 0 Å². The number of rotatable bonds is 6. The average Bonchev–Trinajstić information content (AvgIpc) is 1.98. The fraction of sp³-hybridized carbons (Fsp3) is 0.333. The van der Waals surface area contributed by atoms with E-state index < -0.39 is 35.1 Å². The fourth-order valence-corrected chi connectivity index (χ4v) is 0.943. The average molecular weight is 210 g/mol. The van der Waals surface area contributed by atoms with Crippen LogP contribution in [0.4, 0.5) is 0 Å². The Balaban J connectivity index is 3.95. The summed E-state index contributed by atoms with van der Waals surface area (Å²) < 4.78 is 29.6. The maximum Gasteiger partial charge on any atom is 0.400 e. The van der Waals surface area contributed by atoms with Crippen molar-refractivity contribution in [2.24, 2.45) is 0 Å². The summed E-state index contributed by atoms with van der Waals surface area (Å²) >= 11 is 0. The largest absolute Gasteiger partial charge is 0.510 e. The van der Waals surface area contributed by atoms with Crippen molar-refractivity contribution in [3.63, 3.8) is 0 Å². The molecule has 13 heavy (non-hydrogen) atoms. The van der Waals surface area contributed by atoms with Gasteiger partial charge in [-0.3, -0.25) is 0 Å². The van der Waals surface area contributed by atoms with Crippen molar-refractivity contribution in [2.75, 3.05) is 13.2 Å². The van der Waals surface area contributed by atoms with E-state index in [0.29, 0.717) is 0 Å². The summed E-state index contributed by atoms with van der Waals surface area (Å²) in [5, 5.41) is 17.0. The number of aliphatic hydroxyl groups excluding tert-OH is 2. The molecule has 0 aromatic heterocycles. The maximum atomic E-state index is 10.7. The van der Waals surface area contributed by atoms with Crippen molar-refractivity contribution in [1.82, 2.24) is 0 Å². The zero-order valence-corrected chi connectivity index (χ0v) is 7.58. The summed E-state index contributed by atoms with van der Waals surface area (Å²) in [6.07, 6.45) is 0. The third-order valence-electron chi connectivity index (χ3n) is 0.740. The molecule has 0 aliphatic carbocycles. The van der Waals surface area contributed by atoms with Crippen molar-refractivity contribution in [3.8, 4) is 0 Å². The summed E-state index contributed by atoms with van der Waals surface area (Å²) in [4.78, 5) is 0. The van der Waals surface area contributed by atoms with Gasteiger partial charge in [0, 0.05) is 0 Å². The van der Waals surface area contributed by atoms with Gasteiger partial charge < -0.3 is 10.2 Å². The quantitative estimate of drug-likeness (QED) is 0.616. The fourth-order valence-electron chi connectivity index (χ4n) is 0.314. The van der Waals surface area contributed by atoms with E-state index in [2.05, 4.69) is 21.5 Å². The Kier molecular flexibility index (Phi) is 4.46. The first-order chi connectivity index (χ1) is 5.83. The molecule has 0 aliphatic rings. The van der Waals surface area contributed by atoms with Crippen molar-refractivity contribution >= 4 is 10.4 Å². The SMILES string of the molecule is C=C(O)COS(=O)(=O)OCC(=C)O. The minimum absolute atomic E-state index is 0.449. The lowest BCUT2D eigenvalue weighted by Gasteiger charge is -2.03. The van der Waals surface area contributed by atoms with Crippen molar-refractivity contribution < 1.29 is 27.0 Å². The van der Waals surface area contributed by atoms with Crippen molar-refractivity contribution in [3.05, 3.63) is 24.7 Å². The molecule has 0 aliphatic heterocycles. The van der Waals surface area contributed by atoms with Gasteiger partial charge in [0.15, 0.2) is 0 Å². The molecule has 0 radical (unpaired) electrons. The predicted octanol–water partition coefficient (Wildman–Crippen LogP) is 0.408. The van der Waals surface area contributed by atoms with Crippen molar-refractivity contribution in [1.29, 1.82) is 0 Å². The lowest BCUT2D eigenvalue weighted by Crippen LogP contribution is -2.13. The van der Waals surface area contributed by atoms with Crippen LogP contribution in [0, 0.1) is 0 Å². The Bertz CT molecular complexity index is 266. The van der Waals surface area contributed by atoms with E-state index in [9.17, 15) is 8.42 Å². The summed E-state index contributed by atoms with van der Waals surface area (Å²) in [7, 11) is -4.21. The molecule has 0 heterocycles. The molecule has 0 spiro atoms. The van der Waals surface area contributed by atoms with Crippen LogP contribution in [0.2, 0.25) is 0 Å². The highest BCUT2D eigenvalue weighted by Gasteiger charge is 2.12. The maximum absolute atomic E-state index is 10.7. The van der Waals surface area contributed by atoms with Gasteiger partial charge in [-0.25, -0.2) is 8.37 Å². The summed E-state index contributed by atoms with van der Waals surface area (Å²) in [5.74, 6) is -0.898. The third kappa shape index (κ3) is 7.32. The minimum Gasteiger partial charge on any atom is -0.510 e. The van der Waals surface area contributed by atoms with Gasteiger partial charge >= 0.3 is 10.4 Å². The Morgan fingerprint density at radius 1 is 1.08 bits per heavy atom. The van der Waals surface area contributed by atoms with E-state index in [4.69, 9.17) is 10.2 Å². The van der Waals surface area contributed by atoms with Crippen LogP contribution in [0.15, 0.2) is 24.7 Å². The van der Waals surface area contributed by atoms with Crippen LogP contribution in [0.1, 0.15) is 0 Å². The number of hydrogen-bond acceptors (Lipinski definition) is 6. The van der Waals surface area contributed by atoms with E-state index in [1.807, 2.05) is 0 Å². The topological polar surface area (TPSA) is 93.1 Å². The van der Waals surface area contributed by atoms with E-state index >= 15 is 0 Å². The molecule has 0 unspecified atom stereocenters. The molecule has 0 saturated heterocycles. The Labute approximate surface area is 76.0 Å². The highest BCUT2D eigenvalue weighted by molar-refractivity contribution is 7.81. The molecule has 0 fully saturated rings. The minimum atomic E-state index is -4.21. The zero-order chi connectivity index (χ0) is 10.5. The second-order valence-electron chi connectivity index (χ2n) is 2.07. The molecule has 2 N–H and O–H groups in total. The molecule has 6 nitrogen and oxygen atoms in total. The van der Waals surface area contributed by atoms with Gasteiger partial charge in [-0.05, 0) is 0 Å². The molecule has 0 saturated carbocycles. The second-order valence-corrected chi connectivity index (χ2v) is 3.35. The van der Waals surface area contributed by atoms with Crippen LogP contribution in [-0.4, -0.2) is 31.8 Å². The summed E-state index contributed by atoms with van der Waals surface area (Å²) in [6, 6.07) is 0. The van der Waals surface area contributed by atoms with E-state index in [-0.39, 0.29) is 0 Å². The summed E-state index contributed by atoms with van der Waals surface area (Å²) in [6.45, 7) is 4.83. The first-order valence-corrected chi connectivity index (χ1v) is 4.44. The van der Waals surface area contributed by atoms with Gasteiger partial charge in [-0.15, -0.1) is 0 Å². The third-order valence-corrected chi connectivity index (χ3v) is 1.55. The smallest absolute Gasteiger partial charge is 0.400 e. The Morgan fingerprint density at radius 2 is 1.38 bits per heavy atom.